The molecule has 5 atom stereocenters. The van der Waals surface area contributed by atoms with Crippen molar-refractivity contribution in [3.05, 3.63) is 12.2 Å². The zero-order valence-electron chi connectivity index (χ0n) is 62.1. The number of allylic oxidation sites excluding steroid dienone is 2. The van der Waals surface area contributed by atoms with E-state index in [4.69, 9.17) is 37.0 Å². The maximum absolute atomic E-state index is 13.1. The summed E-state index contributed by atoms with van der Waals surface area (Å²) >= 11 is 0. The Morgan fingerprint density at radius 3 is 0.719 bits per heavy atom. The first-order valence-corrected chi connectivity index (χ1v) is 42.9. The third-order valence-corrected chi connectivity index (χ3v) is 19.7. The zero-order valence-corrected chi connectivity index (χ0v) is 63.9. The minimum atomic E-state index is -4.96. The SMILES string of the molecule is CCCCCCCC/C=C\CCCCCCCC(=O)OC[C@H](COP(=O)(O)OC[C@@H](O)COP(=O)(O)OC[C@@H](COC(=O)CCCCCCCCCCCCCCC)OC(=O)CCCCCCCCCCCCCCC)OC(=O)CCCCCCCCCCCCCCCCC. The molecule has 0 aromatic heterocycles. The second-order valence-corrected chi connectivity index (χ2v) is 30.3. The van der Waals surface area contributed by atoms with E-state index in [0.717, 1.165) is 109 Å². The number of phosphoric acid groups is 2. The number of hydrogen-bond donors (Lipinski definition) is 3. The number of phosphoric ester groups is 2. The molecule has 0 aliphatic rings. The van der Waals surface area contributed by atoms with Gasteiger partial charge < -0.3 is 33.8 Å². The van der Waals surface area contributed by atoms with E-state index >= 15 is 0 Å². The van der Waals surface area contributed by atoms with Crippen LogP contribution in [0.1, 0.15) is 400 Å². The van der Waals surface area contributed by atoms with E-state index in [1.807, 2.05) is 0 Å². The summed E-state index contributed by atoms with van der Waals surface area (Å²) in [6.07, 6.45) is 63.3. The quantitative estimate of drug-likeness (QED) is 0.0169. The van der Waals surface area contributed by atoms with E-state index < -0.39 is 97.5 Å². The predicted molar refractivity (Wildman–Crippen MR) is 391 cm³/mol. The molecule has 96 heavy (non-hydrogen) atoms. The Balaban J connectivity index is 5.28. The Morgan fingerprint density at radius 1 is 0.281 bits per heavy atom. The van der Waals surface area contributed by atoms with Crippen LogP contribution in [-0.4, -0.2) is 96.7 Å². The van der Waals surface area contributed by atoms with E-state index in [1.165, 1.54) is 212 Å². The molecule has 0 aromatic carbocycles. The van der Waals surface area contributed by atoms with Crippen molar-refractivity contribution < 1.29 is 80.2 Å². The van der Waals surface area contributed by atoms with Crippen molar-refractivity contribution in [2.24, 2.45) is 0 Å². The van der Waals surface area contributed by atoms with Crippen molar-refractivity contribution in [1.29, 1.82) is 0 Å². The van der Waals surface area contributed by atoms with Gasteiger partial charge in [-0.15, -0.1) is 0 Å². The van der Waals surface area contributed by atoms with Crippen molar-refractivity contribution in [2.45, 2.75) is 418 Å². The van der Waals surface area contributed by atoms with Gasteiger partial charge in [-0.05, 0) is 51.4 Å². The molecule has 17 nitrogen and oxygen atoms in total. The lowest BCUT2D eigenvalue weighted by molar-refractivity contribution is -0.161. The van der Waals surface area contributed by atoms with Crippen LogP contribution in [0.5, 0.6) is 0 Å². The van der Waals surface area contributed by atoms with Crippen molar-refractivity contribution >= 4 is 39.5 Å². The zero-order chi connectivity index (χ0) is 70.4. The smallest absolute Gasteiger partial charge is 0.462 e. The van der Waals surface area contributed by atoms with Gasteiger partial charge in [0, 0.05) is 25.7 Å². The van der Waals surface area contributed by atoms with E-state index in [0.29, 0.717) is 25.7 Å². The number of carbonyl (C=O) groups excluding carboxylic acids is 4. The van der Waals surface area contributed by atoms with Crippen LogP contribution in [0.3, 0.4) is 0 Å². The number of unbranched alkanes of at least 4 members (excludes halogenated alkanes) is 49. The molecule has 2 unspecified atom stereocenters. The molecule has 3 N–H and O–H groups in total. The van der Waals surface area contributed by atoms with Crippen LogP contribution >= 0.6 is 15.6 Å². The molecule has 0 saturated heterocycles. The van der Waals surface area contributed by atoms with Crippen LogP contribution in [0.25, 0.3) is 0 Å². The minimum absolute atomic E-state index is 0.105. The highest BCUT2D eigenvalue weighted by atomic mass is 31.2. The van der Waals surface area contributed by atoms with Crippen molar-refractivity contribution in [3.8, 4) is 0 Å². The van der Waals surface area contributed by atoms with E-state index in [1.54, 1.807) is 0 Å². The lowest BCUT2D eigenvalue weighted by Crippen LogP contribution is -2.30. The molecule has 0 spiro atoms. The molecule has 0 bridgehead atoms. The molecule has 0 aromatic rings. The Morgan fingerprint density at radius 2 is 0.479 bits per heavy atom. The Labute approximate surface area is 587 Å². The fraction of sp³-hybridized carbons (Fsp3) is 0.922. The maximum Gasteiger partial charge on any atom is 0.472 e. The molecule has 0 aliphatic heterocycles. The van der Waals surface area contributed by atoms with Crippen molar-refractivity contribution in [3.63, 3.8) is 0 Å². The highest BCUT2D eigenvalue weighted by Gasteiger charge is 2.30. The van der Waals surface area contributed by atoms with Gasteiger partial charge in [0.15, 0.2) is 12.2 Å². The van der Waals surface area contributed by atoms with Crippen LogP contribution in [0.15, 0.2) is 12.2 Å². The molecule has 0 fully saturated rings. The third kappa shape index (κ3) is 70.2. The van der Waals surface area contributed by atoms with Gasteiger partial charge in [-0.2, -0.15) is 0 Å². The molecular formula is C77H148O17P2. The first-order chi connectivity index (χ1) is 46.7. The van der Waals surface area contributed by atoms with Gasteiger partial charge in [0.05, 0.1) is 26.4 Å². The van der Waals surface area contributed by atoms with Gasteiger partial charge in [0.25, 0.3) is 0 Å². The first kappa shape index (κ1) is 93.8. The first-order valence-electron chi connectivity index (χ1n) is 39.9. The topological polar surface area (TPSA) is 237 Å². The standard InChI is InChI=1S/C77H148O17P2/c1-5-9-13-17-21-25-29-33-35-39-42-46-50-54-58-62-75(80)88-68-73(94-77(82)64-60-56-52-48-44-40-36-34-30-26-22-18-14-10-6-2)70-92-96(85,86)90-66-71(78)65-89-95(83,84)91-69-72(93-76(81)63-59-55-51-47-43-38-32-28-24-20-16-12-8-4)67-87-74(79)61-57-53-49-45-41-37-31-27-23-19-15-11-7-3/h33,35,71-73,78H,5-32,34,36-70H2,1-4H3,(H,83,84)(H,85,86)/b35-33-/t71-,72+,73+/m0/s1. The molecule has 19 heteroatoms. The summed E-state index contributed by atoms with van der Waals surface area (Å²) in [6.45, 7) is 4.98. The molecule has 0 amide bonds. The summed E-state index contributed by atoms with van der Waals surface area (Å²) in [5.41, 5.74) is 0. The Kier molecular flexibility index (Phi) is 69.6. The van der Waals surface area contributed by atoms with Crippen molar-refractivity contribution in [1.82, 2.24) is 0 Å². The largest absolute Gasteiger partial charge is 0.472 e. The Bertz CT molecular complexity index is 1870. The lowest BCUT2D eigenvalue weighted by atomic mass is 10.0. The molecule has 0 rings (SSSR count). The van der Waals surface area contributed by atoms with Gasteiger partial charge in [-0.3, -0.25) is 37.3 Å². The number of rotatable bonds is 77. The van der Waals surface area contributed by atoms with E-state index in [-0.39, 0.29) is 25.7 Å². The second kappa shape index (κ2) is 71.2. The average Bonchev–Trinajstić information content (AvgIpc) is 1.36. The number of aliphatic hydroxyl groups excluding tert-OH is 1. The van der Waals surface area contributed by atoms with Gasteiger partial charge in [0.2, 0.25) is 0 Å². The highest BCUT2D eigenvalue weighted by Crippen LogP contribution is 2.45. The van der Waals surface area contributed by atoms with Crippen LogP contribution in [0, 0.1) is 0 Å². The summed E-state index contributed by atoms with van der Waals surface area (Å²) in [5.74, 6) is -2.12. The lowest BCUT2D eigenvalue weighted by Gasteiger charge is -2.21. The normalized spacial score (nSPS) is 13.9. The molecule has 0 aliphatic carbocycles. The number of carbonyl (C=O) groups is 4. The molecule has 0 radical (unpaired) electrons. The fourth-order valence-electron chi connectivity index (χ4n) is 11.6. The monoisotopic (exact) mass is 1410 g/mol. The third-order valence-electron chi connectivity index (χ3n) is 17.8. The predicted octanol–water partition coefficient (Wildman–Crippen LogP) is 22.8. The number of hydrogen-bond acceptors (Lipinski definition) is 15. The molecule has 0 heterocycles. The molecule has 0 saturated carbocycles. The van der Waals surface area contributed by atoms with Gasteiger partial charge >= 0.3 is 39.5 Å². The van der Waals surface area contributed by atoms with Crippen molar-refractivity contribution in [2.75, 3.05) is 39.6 Å². The van der Waals surface area contributed by atoms with Crippen LogP contribution in [0.4, 0.5) is 0 Å². The number of aliphatic hydroxyl groups is 1. The van der Waals surface area contributed by atoms with Crippen LogP contribution in [-0.2, 0) is 65.4 Å². The summed E-state index contributed by atoms with van der Waals surface area (Å²) in [6, 6.07) is 0. The average molecular weight is 1410 g/mol. The fourth-order valence-corrected chi connectivity index (χ4v) is 13.2. The van der Waals surface area contributed by atoms with Gasteiger partial charge in [-0.25, -0.2) is 9.13 Å². The van der Waals surface area contributed by atoms with Gasteiger partial charge in [-0.1, -0.05) is 335 Å². The highest BCUT2D eigenvalue weighted by molar-refractivity contribution is 7.47. The summed E-state index contributed by atoms with van der Waals surface area (Å²) in [4.78, 5) is 72.9. The van der Waals surface area contributed by atoms with E-state index in [9.17, 15) is 43.2 Å². The van der Waals surface area contributed by atoms with Crippen LogP contribution in [0.2, 0.25) is 0 Å². The maximum atomic E-state index is 13.1. The summed E-state index contributed by atoms with van der Waals surface area (Å²) in [7, 11) is -9.92. The molecular weight excluding hydrogens is 1260 g/mol. The van der Waals surface area contributed by atoms with Crippen LogP contribution < -0.4 is 0 Å². The second-order valence-electron chi connectivity index (χ2n) is 27.4. The summed E-state index contributed by atoms with van der Waals surface area (Å²) < 4.78 is 68.6. The van der Waals surface area contributed by atoms with Gasteiger partial charge in [0.1, 0.15) is 19.3 Å². The molecule has 568 valence electrons. The summed E-state index contributed by atoms with van der Waals surface area (Å²) in [5, 5.41) is 10.6. The minimum Gasteiger partial charge on any atom is -0.462 e. The number of ether oxygens (including phenoxy) is 4. The number of esters is 4. The Hall–Kier alpha value is -2.20. The van der Waals surface area contributed by atoms with E-state index in [2.05, 4.69) is 39.8 Å².